The number of ether oxygens (including phenoxy) is 1. The van der Waals surface area contributed by atoms with E-state index in [0.29, 0.717) is 5.56 Å². The van der Waals surface area contributed by atoms with Gasteiger partial charge in [-0.05, 0) is 17.7 Å². The SMILES string of the molecule is C=C1N=NC(=O)N/C1=N/N=C/c1ccc(C(=O)OC)cc1. The summed E-state index contributed by atoms with van der Waals surface area (Å²) in [6.07, 6.45) is 1.46. The normalized spacial score (nSPS) is 16.3. The van der Waals surface area contributed by atoms with Crippen molar-refractivity contribution in [2.75, 3.05) is 7.11 Å². The molecular weight excluding hydrogens is 274 g/mol. The molecule has 0 aliphatic carbocycles. The van der Waals surface area contributed by atoms with Crippen molar-refractivity contribution < 1.29 is 14.3 Å². The molecule has 2 rings (SSSR count). The molecule has 106 valence electrons. The molecule has 0 atom stereocenters. The Morgan fingerprint density at radius 2 is 2.05 bits per heavy atom. The fourth-order valence-electron chi connectivity index (χ4n) is 1.41. The number of nitrogens with zero attached hydrogens (tertiary/aromatic N) is 4. The Labute approximate surface area is 119 Å². The van der Waals surface area contributed by atoms with Gasteiger partial charge in [0, 0.05) is 0 Å². The van der Waals surface area contributed by atoms with Crippen LogP contribution in [0.5, 0.6) is 0 Å². The van der Waals surface area contributed by atoms with Crippen LogP contribution in [0.1, 0.15) is 15.9 Å². The van der Waals surface area contributed by atoms with Gasteiger partial charge in [0.15, 0.2) is 5.84 Å². The molecule has 0 saturated carbocycles. The molecule has 2 amide bonds. The van der Waals surface area contributed by atoms with Crippen LogP contribution < -0.4 is 5.32 Å². The van der Waals surface area contributed by atoms with Crippen molar-refractivity contribution in [3.8, 4) is 0 Å². The van der Waals surface area contributed by atoms with Crippen LogP contribution in [-0.4, -0.2) is 31.2 Å². The summed E-state index contributed by atoms with van der Waals surface area (Å²) in [6.45, 7) is 3.56. The van der Waals surface area contributed by atoms with Crippen LogP contribution >= 0.6 is 0 Å². The number of hydrogen-bond donors (Lipinski definition) is 1. The van der Waals surface area contributed by atoms with E-state index in [-0.39, 0.29) is 11.5 Å². The van der Waals surface area contributed by atoms with Crippen LogP contribution in [-0.2, 0) is 4.74 Å². The number of methoxy groups -OCH3 is 1. The topological polar surface area (TPSA) is 105 Å². The summed E-state index contributed by atoms with van der Waals surface area (Å²) in [6, 6.07) is 5.96. The Morgan fingerprint density at radius 1 is 1.33 bits per heavy atom. The zero-order valence-corrected chi connectivity index (χ0v) is 11.1. The molecule has 1 N–H and O–H groups in total. The zero-order valence-electron chi connectivity index (χ0n) is 11.1. The first-order valence-electron chi connectivity index (χ1n) is 5.81. The lowest BCUT2D eigenvalue weighted by molar-refractivity contribution is 0.0600. The van der Waals surface area contributed by atoms with Gasteiger partial charge in [-0.15, -0.1) is 10.2 Å². The van der Waals surface area contributed by atoms with Crippen LogP contribution in [0.25, 0.3) is 0 Å². The quantitative estimate of drug-likeness (QED) is 0.520. The number of azo groups is 1. The summed E-state index contributed by atoms with van der Waals surface area (Å²) >= 11 is 0. The van der Waals surface area contributed by atoms with Gasteiger partial charge in [-0.3, -0.25) is 5.32 Å². The standard InChI is InChI=1S/C13H11N5O3/c1-8-11(15-13(20)18-16-8)17-14-7-9-3-5-10(6-4-9)12(19)21-2/h3-7H,1H2,2H3,(H,15,17,20)/b14-7+. The summed E-state index contributed by atoms with van der Waals surface area (Å²) < 4.78 is 4.59. The van der Waals surface area contributed by atoms with Crippen molar-refractivity contribution in [2.24, 2.45) is 20.4 Å². The first-order valence-corrected chi connectivity index (χ1v) is 5.81. The molecule has 1 heterocycles. The minimum atomic E-state index is -0.626. The van der Waals surface area contributed by atoms with Crippen LogP contribution in [0.3, 0.4) is 0 Å². The third-order valence-electron chi connectivity index (χ3n) is 2.46. The van der Waals surface area contributed by atoms with Crippen LogP contribution in [0, 0.1) is 0 Å². The molecule has 0 aromatic heterocycles. The molecule has 0 bridgehead atoms. The number of nitrogens with one attached hydrogen (secondary N) is 1. The Balaban J connectivity index is 2.08. The van der Waals surface area contributed by atoms with E-state index < -0.39 is 12.0 Å². The minimum absolute atomic E-state index is 0.137. The Bertz CT molecular complexity index is 674. The number of carbonyl (C=O) groups excluding carboxylic acids is 2. The molecular formula is C13H11N5O3. The molecule has 0 spiro atoms. The zero-order chi connectivity index (χ0) is 15.2. The van der Waals surface area contributed by atoms with E-state index in [1.54, 1.807) is 24.3 Å². The predicted octanol–water partition coefficient (Wildman–Crippen LogP) is 1.89. The average molecular weight is 285 g/mol. The molecule has 1 aromatic carbocycles. The van der Waals surface area contributed by atoms with Crippen LogP contribution in [0.4, 0.5) is 4.79 Å². The Hall–Kier alpha value is -3.16. The van der Waals surface area contributed by atoms with Crippen molar-refractivity contribution in [3.63, 3.8) is 0 Å². The van der Waals surface area contributed by atoms with E-state index >= 15 is 0 Å². The third kappa shape index (κ3) is 3.66. The number of esters is 1. The molecule has 1 aliphatic rings. The monoisotopic (exact) mass is 285 g/mol. The highest BCUT2D eigenvalue weighted by Gasteiger charge is 2.13. The van der Waals surface area contributed by atoms with Crippen molar-refractivity contribution in [1.82, 2.24) is 5.32 Å². The van der Waals surface area contributed by atoms with E-state index in [1.165, 1.54) is 13.3 Å². The second-order valence-electron chi connectivity index (χ2n) is 3.88. The lowest BCUT2D eigenvalue weighted by atomic mass is 10.1. The first-order chi connectivity index (χ1) is 10.1. The van der Waals surface area contributed by atoms with E-state index in [4.69, 9.17) is 0 Å². The number of benzene rings is 1. The van der Waals surface area contributed by atoms with E-state index in [2.05, 4.69) is 37.1 Å². The second-order valence-corrected chi connectivity index (χ2v) is 3.88. The summed E-state index contributed by atoms with van der Waals surface area (Å²) in [5, 5.41) is 16.7. The van der Waals surface area contributed by atoms with Gasteiger partial charge < -0.3 is 4.74 Å². The minimum Gasteiger partial charge on any atom is -0.465 e. The van der Waals surface area contributed by atoms with Crippen molar-refractivity contribution in [1.29, 1.82) is 0 Å². The maximum Gasteiger partial charge on any atom is 0.365 e. The summed E-state index contributed by atoms with van der Waals surface area (Å²) in [7, 11) is 1.32. The number of amides is 2. The van der Waals surface area contributed by atoms with Crippen LogP contribution in [0.15, 0.2) is 57.0 Å². The molecule has 0 radical (unpaired) electrons. The molecule has 1 aromatic rings. The molecule has 0 unspecified atom stereocenters. The Kier molecular flexibility index (Phi) is 4.30. The number of urea groups is 1. The van der Waals surface area contributed by atoms with Crippen molar-refractivity contribution >= 4 is 24.1 Å². The van der Waals surface area contributed by atoms with Crippen molar-refractivity contribution in [2.45, 2.75) is 0 Å². The van der Waals surface area contributed by atoms with Gasteiger partial charge in [0.2, 0.25) is 0 Å². The average Bonchev–Trinajstić information content (AvgIpc) is 2.50. The lowest BCUT2D eigenvalue weighted by Crippen LogP contribution is -2.31. The molecule has 21 heavy (non-hydrogen) atoms. The van der Waals surface area contributed by atoms with Gasteiger partial charge in [-0.2, -0.15) is 5.10 Å². The smallest absolute Gasteiger partial charge is 0.365 e. The predicted molar refractivity (Wildman–Crippen MR) is 75.3 cm³/mol. The second kappa shape index (κ2) is 6.33. The molecule has 8 heteroatoms. The van der Waals surface area contributed by atoms with Gasteiger partial charge in [-0.25, -0.2) is 9.59 Å². The highest BCUT2D eigenvalue weighted by atomic mass is 16.5. The highest BCUT2D eigenvalue weighted by molar-refractivity contribution is 6.08. The number of carbonyl (C=O) groups is 2. The van der Waals surface area contributed by atoms with E-state index in [9.17, 15) is 9.59 Å². The maximum absolute atomic E-state index is 11.3. The van der Waals surface area contributed by atoms with Crippen molar-refractivity contribution in [3.05, 3.63) is 47.7 Å². The summed E-state index contributed by atoms with van der Waals surface area (Å²) in [5.41, 5.74) is 1.38. The third-order valence-corrected chi connectivity index (χ3v) is 2.46. The van der Waals surface area contributed by atoms with Gasteiger partial charge in [-0.1, -0.05) is 23.8 Å². The largest absolute Gasteiger partial charge is 0.465 e. The number of hydrogen-bond acceptors (Lipinski definition) is 6. The molecule has 8 nitrogen and oxygen atoms in total. The fraction of sp³-hybridized carbons (Fsp3) is 0.0769. The Morgan fingerprint density at radius 3 is 2.71 bits per heavy atom. The summed E-state index contributed by atoms with van der Waals surface area (Å²) in [5.74, 6) is -0.275. The molecule has 1 aliphatic heterocycles. The van der Waals surface area contributed by atoms with Gasteiger partial charge in [0.25, 0.3) is 0 Å². The molecule has 0 fully saturated rings. The maximum atomic E-state index is 11.3. The lowest BCUT2D eigenvalue weighted by Gasteiger charge is -2.06. The van der Waals surface area contributed by atoms with Gasteiger partial charge in [0.1, 0.15) is 5.70 Å². The van der Waals surface area contributed by atoms with Gasteiger partial charge >= 0.3 is 12.0 Å². The van der Waals surface area contributed by atoms with Gasteiger partial charge in [0.05, 0.1) is 18.9 Å². The van der Waals surface area contributed by atoms with E-state index in [1.807, 2.05) is 0 Å². The summed E-state index contributed by atoms with van der Waals surface area (Å²) in [4.78, 5) is 22.3. The van der Waals surface area contributed by atoms with E-state index in [0.717, 1.165) is 5.56 Å². The number of amidine groups is 1. The van der Waals surface area contributed by atoms with Crippen LogP contribution in [0.2, 0.25) is 0 Å². The number of rotatable bonds is 3. The first kappa shape index (κ1) is 14.3. The highest BCUT2D eigenvalue weighted by Crippen LogP contribution is 2.05. The molecule has 0 saturated heterocycles. The fourth-order valence-corrected chi connectivity index (χ4v) is 1.41.